The van der Waals surface area contributed by atoms with E-state index in [4.69, 9.17) is 0 Å². The van der Waals surface area contributed by atoms with Crippen molar-refractivity contribution in [2.24, 2.45) is 0 Å². The van der Waals surface area contributed by atoms with Crippen LogP contribution in [0.2, 0.25) is 0 Å². The van der Waals surface area contributed by atoms with Crippen LogP contribution in [0, 0.1) is 18.3 Å². The number of nitrogens with zero attached hydrogens (tertiary/aromatic N) is 2. The van der Waals surface area contributed by atoms with Gasteiger partial charge in [0.05, 0.1) is 6.07 Å². The SMILES string of the molecule is Cc1ccc(C(C#N)N2CCCCCC2)c(Br)c1. The third-order valence-corrected chi connectivity index (χ3v) is 4.27. The summed E-state index contributed by atoms with van der Waals surface area (Å²) in [6, 6.07) is 8.62. The second-order valence-electron chi connectivity index (χ2n) is 5.01. The highest BCUT2D eigenvalue weighted by atomic mass is 79.9. The van der Waals surface area contributed by atoms with Gasteiger partial charge < -0.3 is 0 Å². The molecule has 2 rings (SSSR count). The van der Waals surface area contributed by atoms with Crippen molar-refractivity contribution >= 4 is 15.9 Å². The van der Waals surface area contributed by atoms with Crippen molar-refractivity contribution in [2.45, 2.75) is 38.6 Å². The first-order valence-electron chi connectivity index (χ1n) is 6.62. The zero-order valence-electron chi connectivity index (χ0n) is 10.8. The second-order valence-corrected chi connectivity index (χ2v) is 5.86. The number of hydrogen-bond acceptors (Lipinski definition) is 2. The number of hydrogen-bond donors (Lipinski definition) is 0. The molecule has 18 heavy (non-hydrogen) atoms. The van der Waals surface area contributed by atoms with Gasteiger partial charge in [-0.25, -0.2) is 0 Å². The van der Waals surface area contributed by atoms with Crippen LogP contribution >= 0.6 is 15.9 Å². The van der Waals surface area contributed by atoms with E-state index in [1.54, 1.807) is 0 Å². The van der Waals surface area contributed by atoms with Crippen LogP contribution in [0.1, 0.15) is 42.9 Å². The molecule has 0 aliphatic carbocycles. The quantitative estimate of drug-likeness (QED) is 0.819. The minimum atomic E-state index is -0.113. The summed E-state index contributed by atoms with van der Waals surface area (Å²) in [4.78, 5) is 2.32. The average Bonchev–Trinajstić information content (AvgIpc) is 2.62. The molecule has 0 amide bonds. The van der Waals surface area contributed by atoms with Gasteiger partial charge in [0.25, 0.3) is 0 Å². The first kappa shape index (κ1) is 13.6. The topological polar surface area (TPSA) is 27.0 Å². The molecular formula is C15H19BrN2. The zero-order valence-corrected chi connectivity index (χ0v) is 12.4. The van der Waals surface area contributed by atoms with Gasteiger partial charge in [0.1, 0.15) is 6.04 Å². The molecule has 0 saturated carbocycles. The third-order valence-electron chi connectivity index (χ3n) is 3.58. The summed E-state index contributed by atoms with van der Waals surface area (Å²) in [5.41, 5.74) is 2.32. The Bertz CT molecular complexity index is 442. The van der Waals surface area contributed by atoms with E-state index in [1.807, 2.05) is 0 Å². The molecule has 1 heterocycles. The number of benzene rings is 1. The Labute approximate surface area is 118 Å². The molecular weight excluding hydrogens is 288 g/mol. The fourth-order valence-corrected chi connectivity index (χ4v) is 3.27. The molecule has 0 N–H and O–H groups in total. The van der Waals surface area contributed by atoms with Gasteiger partial charge in [-0.15, -0.1) is 0 Å². The maximum atomic E-state index is 9.50. The first-order valence-corrected chi connectivity index (χ1v) is 7.41. The molecule has 1 unspecified atom stereocenters. The summed E-state index contributed by atoms with van der Waals surface area (Å²) in [7, 11) is 0. The summed E-state index contributed by atoms with van der Waals surface area (Å²) in [5, 5.41) is 9.50. The molecule has 0 radical (unpaired) electrons. The van der Waals surface area contributed by atoms with Crippen molar-refractivity contribution in [3.8, 4) is 6.07 Å². The summed E-state index contributed by atoms with van der Waals surface area (Å²) in [6.45, 7) is 4.15. The lowest BCUT2D eigenvalue weighted by molar-refractivity contribution is 0.245. The van der Waals surface area contributed by atoms with Crippen LogP contribution in [0.4, 0.5) is 0 Å². The highest BCUT2D eigenvalue weighted by Crippen LogP contribution is 2.30. The van der Waals surface area contributed by atoms with E-state index in [-0.39, 0.29) is 6.04 Å². The van der Waals surface area contributed by atoms with E-state index < -0.39 is 0 Å². The predicted molar refractivity (Wildman–Crippen MR) is 77.3 cm³/mol. The molecule has 0 spiro atoms. The largest absolute Gasteiger partial charge is 0.284 e. The third kappa shape index (κ3) is 3.13. The van der Waals surface area contributed by atoms with E-state index in [2.05, 4.69) is 52.0 Å². The Morgan fingerprint density at radius 2 is 1.89 bits per heavy atom. The van der Waals surface area contributed by atoms with Gasteiger partial charge >= 0.3 is 0 Å². The molecule has 1 aliphatic heterocycles. The molecule has 96 valence electrons. The Balaban J connectivity index is 2.24. The van der Waals surface area contributed by atoms with Crippen LogP contribution in [0.3, 0.4) is 0 Å². The van der Waals surface area contributed by atoms with Gasteiger partial charge in [-0.2, -0.15) is 5.26 Å². The molecule has 0 aromatic heterocycles. The number of likely N-dealkylation sites (tertiary alicyclic amines) is 1. The van der Waals surface area contributed by atoms with E-state index in [0.717, 1.165) is 23.1 Å². The minimum Gasteiger partial charge on any atom is -0.284 e. The number of aryl methyl sites for hydroxylation is 1. The van der Waals surface area contributed by atoms with Crippen molar-refractivity contribution in [1.82, 2.24) is 4.90 Å². The normalized spacial score (nSPS) is 18.9. The van der Waals surface area contributed by atoms with Crippen LogP contribution < -0.4 is 0 Å². The smallest absolute Gasteiger partial charge is 0.124 e. The van der Waals surface area contributed by atoms with E-state index in [9.17, 15) is 5.26 Å². The highest BCUT2D eigenvalue weighted by molar-refractivity contribution is 9.10. The average molecular weight is 307 g/mol. The van der Waals surface area contributed by atoms with Crippen LogP contribution in [0.15, 0.2) is 22.7 Å². The predicted octanol–water partition coefficient (Wildman–Crippen LogP) is 4.20. The van der Waals surface area contributed by atoms with Gasteiger partial charge in [-0.3, -0.25) is 4.90 Å². The molecule has 0 bridgehead atoms. The summed E-state index contributed by atoms with van der Waals surface area (Å²) >= 11 is 3.60. The fourth-order valence-electron chi connectivity index (χ4n) is 2.56. The minimum absolute atomic E-state index is 0.113. The van der Waals surface area contributed by atoms with E-state index >= 15 is 0 Å². The molecule has 1 saturated heterocycles. The van der Waals surface area contributed by atoms with Crippen LogP contribution in [-0.4, -0.2) is 18.0 Å². The maximum absolute atomic E-state index is 9.50. The van der Waals surface area contributed by atoms with Crippen molar-refractivity contribution < 1.29 is 0 Å². The number of nitriles is 1. The summed E-state index contributed by atoms with van der Waals surface area (Å²) < 4.78 is 1.05. The van der Waals surface area contributed by atoms with E-state index in [1.165, 1.54) is 31.2 Å². The lowest BCUT2D eigenvalue weighted by atomic mass is 10.0. The lowest BCUT2D eigenvalue weighted by Crippen LogP contribution is -2.29. The maximum Gasteiger partial charge on any atom is 0.124 e. The molecule has 1 atom stereocenters. The Morgan fingerprint density at radius 3 is 2.44 bits per heavy atom. The van der Waals surface area contributed by atoms with Crippen molar-refractivity contribution in [1.29, 1.82) is 5.26 Å². The monoisotopic (exact) mass is 306 g/mol. The van der Waals surface area contributed by atoms with Crippen molar-refractivity contribution in [2.75, 3.05) is 13.1 Å². The molecule has 2 nitrogen and oxygen atoms in total. The van der Waals surface area contributed by atoms with Gasteiger partial charge in [0.15, 0.2) is 0 Å². The Hall–Kier alpha value is -0.850. The number of halogens is 1. The van der Waals surface area contributed by atoms with Gasteiger partial charge in [0, 0.05) is 4.47 Å². The van der Waals surface area contributed by atoms with Gasteiger partial charge in [-0.05, 0) is 50.0 Å². The summed E-state index contributed by atoms with van der Waals surface area (Å²) in [5.74, 6) is 0. The molecule has 3 heteroatoms. The van der Waals surface area contributed by atoms with Gasteiger partial charge in [-0.1, -0.05) is 40.9 Å². The number of rotatable bonds is 2. The van der Waals surface area contributed by atoms with Crippen molar-refractivity contribution in [3.05, 3.63) is 33.8 Å². The first-order chi connectivity index (χ1) is 8.72. The van der Waals surface area contributed by atoms with Crippen molar-refractivity contribution in [3.63, 3.8) is 0 Å². The molecule has 1 fully saturated rings. The Morgan fingerprint density at radius 1 is 1.22 bits per heavy atom. The zero-order chi connectivity index (χ0) is 13.0. The van der Waals surface area contributed by atoms with Gasteiger partial charge in [0.2, 0.25) is 0 Å². The van der Waals surface area contributed by atoms with Crippen LogP contribution in [0.5, 0.6) is 0 Å². The van der Waals surface area contributed by atoms with Crippen LogP contribution in [-0.2, 0) is 0 Å². The second kappa shape index (κ2) is 6.36. The molecule has 1 aromatic carbocycles. The van der Waals surface area contributed by atoms with E-state index in [0.29, 0.717) is 0 Å². The summed E-state index contributed by atoms with van der Waals surface area (Å²) in [6.07, 6.45) is 5.01. The highest BCUT2D eigenvalue weighted by Gasteiger charge is 2.22. The fraction of sp³-hybridized carbons (Fsp3) is 0.533. The lowest BCUT2D eigenvalue weighted by Gasteiger charge is -2.26. The Kier molecular flexibility index (Phi) is 4.79. The molecule has 1 aliphatic rings. The molecule has 1 aromatic rings. The standard InChI is InChI=1S/C15H19BrN2/c1-12-6-7-13(14(16)10-12)15(11-17)18-8-4-2-3-5-9-18/h6-7,10,15H,2-5,8-9H2,1H3. The van der Waals surface area contributed by atoms with Crippen LogP contribution in [0.25, 0.3) is 0 Å².